The highest BCUT2D eigenvalue weighted by Crippen LogP contribution is 2.46. The van der Waals surface area contributed by atoms with E-state index in [1.807, 2.05) is 0 Å². The normalized spacial score (nSPS) is 11.4. The standard InChI is InChI=1S/C58H39N/c1-3-17-42(18-4-1)57-55-28-12-11-27-53(55)54-34-32-49(39-56(54)58(57)43-19-5-2-6-20-43)47-24-14-26-51(38-47)59(52-33-31-41-16-8-10-22-45(41)36-52)50-25-13-23-46(37-50)48-30-29-40-15-7-9-21-44(40)35-48/h1-39H. The third-order valence-corrected chi connectivity index (χ3v) is 11.8. The summed E-state index contributed by atoms with van der Waals surface area (Å²) in [6.07, 6.45) is 0. The second-order valence-corrected chi connectivity index (χ2v) is 15.3. The summed E-state index contributed by atoms with van der Waals surface area (Å²) in [5, 5.41) is 9.93. The zero-order chi connectivity index (χ0) is 39.1. The van der Waals surface area contributed by atoms with Crippen LogP contribution >= 0.6 is 0 Å². The van der Waals surface area contributed by atoms with Crippen LogP contribution in [-0.4, -0.2) is 0 Å². The van der Waals surface area contributed by atoms with Crippen molar-refractivity contribution < 1.29 is 0 Å². The van der Waals surface area contributed by atoms with Crippen molar-refractivity contribution in [3.8, 4) is 44.5 Å². The zero-order valence-electron chi connectivity index (χ0n) is 32.5. The fourth-order valence-corrected chi connectivity index (χ4v) is 8.96. The number of hydrogen-bond acceptors (Lipinski definition) is 1. The van der Waals surface area contributed by atoms with E-state index in [1.165, 1.54) is 82.0 Å². The van der Waals surface area contributed by atoms with Crippen LogP contribution in [0.2, 0.25) is 0 Å². The molecule has 0 bridgehead atoms. The van der Waals surface area contributed by atoms with Crippen molar-refractivity contribution in [1.29, 1.82) is 0 Å². The van der Waals surface area contributed by atoms with E-state index in [-0.39, 0.29) is 0 Å². The summed E-state index contributed by atoms with van der Waals surface area (Å²) in [6, 6.07) is 86.4. The molecule has 59 heavy (non-hydrogen) atoms. The van der Waals surface area contributed by atoms with Crippen molar-refractivity contribution >= 4 is 60.2 Å². The largest absolute Gasteiger partial charge is 0.310 e. The van der Waals surface area contributed by atoms with Gasteiger partial charge in [-0.2, -0.15) is 0 Å². The highest BCUT2D eigenvalue weighted by atomic mass is 15.1. The molecular formula is C58H39N. The first-order valence-electron chi connectivity index (χ1n) is 20.3. The fraction of sp³-hybridized carbons (Fsp3) is 0. The summed E-state index contributed by atoms with van der Waals surface area (Å²) in [5.41, 5.74) is 13.0. The molecule has 0 aliphatic carbocycles. The Labute approximate surface area is 344 Å². The van der Waals surface area contributed by atoms with E-state index in [0.29, 0.717) is 0 Å². The van der Waals surface area contributed by atoms with Gasteiger partial charge in [-0.05, 0) is 136 Å². The summed E-state index contributed by atoms with van der Waals surface area (Å²) in [5.74, 6) is 0. The van der Waals surface area contributed by atoms with Gasteiger partial charge in [0.2, 0.25) is 0 Å². The molecule has 0 radical (unpaired) electrons. The van der Waals surface area contributed by atoms with Gasteiger partial charge in [-0.1, -0.05) is 188 Å². The Morgan fingerprint density at radius 3 is 1.27 bits per heavy atom. The fourth-order valence-electron chi connectivity index (χ4n) is 8.96. The molecule has 0 heterocycles. The van der Waals surface area contributed by atoms with Gasteiger partial charge >= 0.3 is 0 Å². The molecule has 11 aromatic carbocycles. The topological polar surface area (TPSA) is 3.24 Å². The van der Waals surface area contributed by atoms with Gasteiger partial charge in [0.1, 0.15) is 0 Å². The van der Waals surface area contributed by atoms with Gasteiger partial charge < -0.3 is 4.90 Å². The van der Waals surface area contributed by atoms with E-state index < -0.39 is 0 Å². The first kappa shape index (κ1) is 34.5. The first-order chi connectivity index (χ1) is 29.2. The van der Waals surface area contributed by atoms with Gasteiger partial charge in [0.05, 0.1) is 0 Å². The van der Waals surface area contributed by atoms with Gasteiger partial charge in [0.25, 0.3) is 0 Å². The van der Waals surface area contributed by atoms with Crippen molar-refractivity contribution in [2.45, 2.75) is 0 Å². The molecule has 1 nitrogen and oxygen atoms in total. The van der Waals surface area contributed by atoms with E-state index in [4.69, 9.17) is 0 Å². The van der Waals surface area contributed by atoms with E-state index >= 15 is 0 Å². The minimum Gasteiger partial charge on any atom is -0.310 e. The average Bonchev–Trinajstić information content (AvgIpc) is 3.31. The monoisotopic (exact) mass is 749 g/mol. The maximum absolute atomic E-state index is 2.41. The predicted octanol–water partition coefficient (Wildman–Crippen LogP) is 16.4. The number of nitrogens with zero attached hydrogens (tertiary/aromatic N) is 1. The summed E-state index contributed by atoms with van der Waals surface area (Å²) in [7, 11) is 0. The van der Waals surface area contributed by atoms with Gasteiger partial charge in [-0.15, -0.1) is 0 Å². The molecule has 0 aliphatic rings. The molecule has 0 spiro atoms. The molecule has 276 valence electrons. The Bertz CT molecular complexity index is 3330. The maximum Gasteiger partial charge on any atom is 0.0468 e. The first-order valence-corrected chi connectivity index (χ1v) is 20.3. The third kappa shape index (κ3) is 6.30. The molecule has 0 atom stereocenters. The van der Waals surface area contributed by atoms with E-state index in [9.17, 15) is 0 Å². The Morgan fingerprint density at radius 2 is 0.627 bits per heavy atom. The Morgan fingerprint density at radius 1 is 0.203 bits per heavy atom. The van der Waals surface area contributed by atoms with Crippen LogP contribution in [0.4, 0.5) is 17.1 Å². The summed E-state index contributed by atoms with van der Waals surface area (Å²) in [4.78, 5) is 2.40. The number of hydrogen-bond donors (Lipinski definition) is 0. The van der Waals surface area contributed by atoms with Gasteiger partial charge in [-0.3, -0.25) is 0 Å². The van der Waals surface area contributed by atoms with Crippen LogP contribution in [0.3, 0.4) is 0 Å². The lowest BCUT2D eigenvalue weighted by molar-refractivity contribution is 1.29. The van der Waals surface area contributed by atoms with Crippen molar-refractivity contribution in [3.63, 3.8) is 0 Å². The van der Waals surface area contributed by atoms with Crippen LogP contribution in [-0.2, 0) is 0 Å². The summed E-state index contributed by atoms with van der Waals surface area (Å²) < 4.78 is 0. The number of anilines is 3. The van der Waals surface area contributed by atoms with Gasteiger partial charge in [0, 0.05) is 17.1 Å². The van der Waals surface area contributed by atoms with Crippen LogP contribution in [0.1, 0.15) is 0 Å². The second-order valence-electron chi connectivity index (χ2n) is 15.3. The Hall–Kier alpha value is -7.74. The second kappa shape index (κ2) is 14.6. The lowest BCUT2D eigenvalue weighted by atomic mass is 9.84. The quantitative estimate of drug-likeness (QED) is 0.147. The molecule has 0 fully saturated rings. The van der Waals surface area contributed by atoms with Gasteiger partial charge in [0.15, 0.2) is 0 Å². The van der Waals surface area contributed by atoms with Crippen LogP contribution in [0.15, 0.2) is 237 Å². The number of fused-ring (bicyclic) bond motifs is 5. The molecule has 1 heteroatoms. The van der Waals surface area contributed by atoms with E-state index in [2.05, 4.69) is 241 Å². The van der Waals surface area contributed by atoms with Crippen molar-refractivity contribution in [1.82, 2.24) is 0 Å². The molecule has 0 N–H and O–H groups in total. The lowest BCUT2D eigenvalue weighted by Gasteiger charge is -2.27. The molecule has 11 aromatic rings. The smallest absolute Gasteiger partial charge is 0.0468 e. The minimum absolute atomic E-state index is 1.10. The van der Waals surface area contributed by atoms with Crippen LogP contribution in [0.25, 0.3) is 87.6 Å². The van der Waals surface area contributed by atoms with Crippen molar-refractivity contribution in [3.05, 3.63) is 237 Å². The Kier molecular flexibility index (Phi) is 8.56. The van der Waals surface area contributed by atoms with Crippen LogP contribution in [0.5, 0.6) is 0 Å². The molecule has 0 unspecified atom stereocenters. The average molecular weight is 750 g/mol. The summed E-state index contributed by atoms with van der Waals surface area (Å²) in [6.45, 7) is 0. The van der Waals surface area contributed by atoms with Crippen molar-refractivity contribution in [2.75, 3.05) is 4.90 Å². The highest BCUT2D eigenvalue weighted by molar-refractivity contribution is 6.22. The van der Waals surface area contributed by atoms with Crippen LogP contribution in [0, 0.1) is 0 Å². The highest BCUT2D eigenvalue weighted by Gasteiger charge is 2.19. The van der Waals surface area contributed by atoms with Crippen molar-refractivity contribution in [2.24, 2.45) is 0 Å². The Balaban J connectivity index is 1.10. The van der Waals surface area contributed by atoms with Crippen LogP contribution < -0.4 is 4.90 Å². The lowest BCUT2D eigenvalue weighted by Crippen LogP contribution is -2.10. The maximum atomic E-state index is 2.41. The SMILES string of the molecule is c1ccc(-c2c(-c3ccccc3)c3cc(-c4cccc(N(c5cccc(-c6ccc7ccccc7c6)c5)c5ccc6ccccc6c5)c4)ccc3c3ccccc23)cc1. The molecular weight excluding hydrogens is 711 g/mol. The molecule has 0 aliphatic heterocycles. The molecule has 11 rings (SSSR count). The van der Waals surface area contributed by atoms with Gasteiger partial charge in [-0.25, -0.2) is 0 Å². The zero-order valence-corrected chi connectivity index (χ0v) is 32.5. The minimum atomic E-state index is 1.10. The molecule has 0 saturated heterocycles. The third-order valence-electron chi connectivity index (χ3n) is 11.8. The van der Waals surface area contributed by atoms with E-state index in [1.54, 1.807) is 0 Å². The molecule has 0 aromatic heterocycles. The molecule has 0 amide bonds. The number of rotatable bonds is 7. The molecule has 0 saturated carbocycles. The van der Waals surface area contributed by atoms with E-state index in [0.717, 1.165) is 22.6 Å². The predicted molar refractivity (Wildman–Crippen MR) is 253 cm³/mol. The summed E-state index contributed by atoms with van der Waals surface area (Å²) >= 11 is 0. The number of benzene rings is 11.